The lowest BCUT2D eigenvalue weighted by Crippen LogP contribution is -2.41. The second kappa shape index (κ2) is 6.60. The van der Waals surface area contributed by atoms with Gasteiger partial charge in [0.15, 0.2) is 0 Å². The zero-order valence-corrected chi connectivity index (χ0v) is 14.8. The van der Waals surface area contributed by atoms with Crippen LogP contribution in [-0.4, -0.2) is 30.6 Å². The summed E-state index contributed by atoms with van der Waals surface area (Å²) in [6.07, 6.45) is 6.46. The van der Waals surface area contributed by atoms with Crippen molar-refractivity contribution in [2.75, 3.05) is 13.7 Å². The number of nitrogens with zero attached hydrogens (tertiary/aromatic N) is 1. The number of hydrogen-bond donors (Lipinski definition) is 0. The van der Waals surface area contributed by atoms with Gasteiger partial charge in [-0.15, -0.1) is 0 Å². The van der Waals surface area contributed by atoms with Crippen LogP contribution in [0.5, 0.6) is 5.75 Å². The van der Waals surface area contributed by atoms with Gasteiger partial charge in [-0.1, -0.05) is 36.4 Å². The molecule has 0 spiro atoms. The van der Waals surface area contributed by atoms with Crippen molar-refractivity contribution in [2.45, 2.75) is 51.1 Å². The number of hydrogen-bond acceptors (Lipinski definition) is 2. The molecular formula is C22H27NO. The zero-order chi connectivity index (χ0) is 16.5. The first-order chi connectivity index (χ1) is 11.8. The standard InChI is InChI=1S/C22H27NO/c1-16-6-5-13-23(16)20-12-11-17-14-19(10-9-18(17)15-20)21-7-3-4-8-22(21)24-2/h3-4,7-10,14,16,20H,5-6,11-13,15H2,1-2H3. The Labute approximate surface area is 145 Å². The van der Waals surface area contributed by atoms with E-state index >= 15 is 0 Å². The average Bonchev–Trinajstić information content (AvgIpc) is 3.06. The molecule has 0 saturated carbocycles. The third-order valence-electron chi connectivity index (χ3n) is 5.90. The predicted octanol–water partition coefficient (Wildman–Crippen LogP) is 4.70. The molecule has 0 N–H and O–H groups in total. The molecule has 0 radical (unpaired) electrons. The Morgan fingerprint density at radius 1 is 1.04 bits per heavy atom. The van der Waals surface area contributed by atoms with Crippen molar-refractivity contribution < 1.29 is 4.74 Å². The van der Waals surface area contributed by atoms with E-state index in [-0.39, 0.29) is 0 Å². The van der Waals surface area contributed by atoms with Crippen LogP contribution in [0.3, 0.4) is 0 Å². The highest BCUT2D eigenvalue weighted by atomic mass is 16.5. The van der Waals surface area contributed by atoms with Crippen LogP contribution < -0.4 is 4.74 Å². The highest BCUT2D eigenvalue weighted by molar-refractivity contribution is 5.71. The van der Waals surface area contributed by atoms with E-state index in [1.54, 1.807) is 12.7 Å². The largest absolute Gasteiger partial charge is 0.496 e. The number of fused-ring (bicyclic) bond motifs is 1. The molecule has 1 aliphatic carbocycles. The van der Waals surface area contributed by atoms with Gasteiger partial charge in [0.05, 0.1) is 7.11 Å². The van der Waals surface area contributed by atoms with Gasteiger partial charge in [-0.05, 0) is 68.3 Å². The van der Waals surface area contributed by atoms with Gasteiger partial charge in [0.1, 0.15) is 5.75 Å². The molecule has 4 rings (SSSR count). The molecule has 1 fully saturated rings. The summed E-state index contributed by atoms with van der Waals surface area (Å²) in [5.41, 5.74) is 5.54. The quantitative estimate of drug-likeness (QED) is 0.812. The van der Waals surface area contributed by atoms with Crippen molar-refractivity contribution in [3.8, 4) is 16.9 Å². The Balaban J connectivity index is 1.59. The number of aryl methyl sites for hydroxylation is 1. The first-order valence-corrected chi connectivity index (χ1v) is 9.27. The number of para-hydroxylation sites is 1. The molecule has 0 bridgehead atoms. The van der Waals surface area contributed by atoms with E-state index in [0.29, 0.717) is 0 Å². The molecule has 2 aliphatic rings. The Bertz CT molecular complexity index is 724. The predicted molar refractivity (Wildman–Crippen MR) is 99.6 cm³/mol. The van der Waals surface area contributed by atoms with Crippen LogP contribution >= 0.6 is 0 Å². The number of benzene rings is 2. The molecule has 0 amide bonds. The zero-order valence-electron chi connectivity index (χ0n) is 14.8. The van der Waals surface area contributed by atoms with Gasteiger partial charge >= 0.3 is 0 Å². The minimum Gasteiger partial charge on any atom is -0.496 e. The lowest BCUT2D eigenvalue weighted by molar-refractivity contribution is 0.174. The number of likely N-dealkylation sites (tertiary alicyclic amines) is 1. The Morgan fingerprint density at radius 3 is 2.71 bits per heavy atom. The molecule has 0 aromatic heterocycles. The molecule has 2 unspecified atom stereocenters. The first kappa shape index (κ1) is 15.7. The molecule has 2 aromatic rings. The molecule has 126 valence electrons. The van der Waals surface area contributed by atoms with Crippen molar-refractivity contribution in [1.29, 1.82) is 0 Å². The van der Waals surface area contributed by atoms with Crippen LogP contribution in [0.15, 0.2) is 42.5 Å². The fourth-order valence-electron chi connectivity index (χ4n) is 4.57. The van der Waals surface area contributed by atoms with E-state index in [2.05, 4.69) is 42.2 Å². The van der Waals surface area contributed by atoms with E-state index < -0.39 is 0 Å². The third-order valence-corrected chi connectivity index (χ3v) is 5.90. The fourth-order valence-corrected chi connectivity index (χ4v) is 4.57. The molecule has 2 aromatic carbocycles. The van der Waals surface area contributed by atoms with Crippen LogP contribution in [-0.2, 0) is 12.8 Å². The lowest BCUT2D eigenvalue weighted by Gasteiger charge is -2.35. The van der Waals surface area contributed by atoms with Gasteiger partial charge in [0, 0.05) is 17.6 Å². The van der Waals surface area contributed by atoms with Gasteiger partial charge in [0.25, 0.3) is 0 Å². The van der Waals surface area contributed by atoms with Gasteiger partial charge in [-0.2, -0.15) is 0 Å². The monoisotopic (exact) mass is 321 g/mol. The number of rotatable bonds is 3. The summed E-state index contributed by atoms with van der Waals surface area (Å²) in [6.45, 7) is 3.69. The number of methoxy groups -OCH3 is 1. The highest BCUT2D eigenvalue weighted by Crippen LogP contribution is 2.34. The minimum atomic E-state index is 0.743. The Morgan fingerprint density at radius 2 is 1.92 bits per heavy atom. The van der Waals surface area contributed by atoms with E-state index in [9.17, 15) is 0 Å². The summed E-state index contributed by atoms with van der Waals surface area (Å²) < 4.78 is 5.53. The first-order valence-electron chi connectivity index (χ1n) is 9.27. The average molecular weight is 321 g/mol. The molecule has 2 atom stereocenters. The molecular weight excluding hydrogens is 294 g/mol. The maximum absolute atomic E-state index is 5.53. The molecule has 1 saturated heterocycles. The number of ether oxygens (including phenoxy) is 1. The van der Waals surface area contributed by atoms with Gasteiger partial charge in [-0.3, -0.25) is 4.90 Å². The smallest absolute Gasteiger partial charge is 0.126 e. The molecule has 2 heteroatoms. The topological polar surface area (TPSA) is 12.5 Å². The molecule has 1 heterocycles. The summed E-state index contributed by atoms with van der Waals surface area (Å²) in [5.74, 6) is 0.956. The Hall–Kier alpha value is -1.80. The van der Waals surface area contributed by atoms with Crippen molar-refractivity contribution in [2.24, 2.45) is 0 Å². The van der Waals surface area contributed by atoms with Gasteiger partial charge in [0.2, 0.25) is 0 Å². The third kappa shape index (κ3) is 2.84. The van der Waals surface area contributed by atoms with E-state index in [1.165, 1.54) is 55.3 Å². The summed E-state index contributed by atoms with van der Waals surface area (Å²) in [6, 6.07) is 16.8. The van der Waals surface area contributed by atoms with Crippen molar-refractivity contribution in [3.05, 3.63) is 53.6 Å². The Kier molecular flexibility index (Phi) is 4.32. The maximum atomic E-state index is 5.53. The maximum Gasteiger partial charge on any atom is 0.126 e. The van der Waals surface area contributed by atoms with Crippen molar-refractivity contribution in [1.82, 2.24) is 4.90 Å². The molecule has 2 nitrogen and oxygen atoms in total. The fraction of sp³-hybridized carbons (Fsp3) is 0.455. The summed E-state index contributed by atoms with van der Waals surface area (Å²) in [7, 11) is 1.75. The SMILES string of the molecule is COc1ccccc1-c1ccc2c(c1)CCC(N1CCCC1C)C2. The van der Waals surface area contributed by atoms with Crippen LogP contribution in [0, 0.1) is 0 Å². The summed E-state index contributed by atoms with van der Waals surface area (Å²) in [5, 5.41) is 0. The van der Waals surface area contributed by atoms with Crippen LogP contribution in [0.4, 0.5) is 0 Å². The van der Waals surface area contributed by atoms with Crippen LogP contribution in [0.2, 0.25) is 0 Å². The lowest BCUT2D eigenvalue weighted by atomic mass is 9.85. The van der Waals surface area contributed by atoms with Crippen molar-refractivity contribution >= 4 is 0 Å². The van der Waals surface area contributed by atoms with Crippen LogP contribution in [0.25, 0.3) is 11.1 Å². The molecule has 24 heavy (non-hydrogen) atoms. The minimum absolute atomic E-state index is 0.743. The normalized spacial score (nSPS) is 23.9. The van der Waals surface area contributed by atoms with Crippen molar-refractivity contribution in [3.63, 3.8) is 0 Å². The molecule has 1 aliphatic heterocycles. The second-order valence-electron chi connectivity index (χ2n) is 7.31. The van der Waals surface area contributed by atoms with Crippen LogP contribution in [0.1, 0.15) is 37.3 Å². The van der Waals surface area contributed by atoms with E-state index in [4.69, 9.17) is 4.74 Å². The summed E-state index contributed by atoms with van der Waals surface area (Å²) in [4.78, 5) is 2.75. The highest BCUT2D eigenvalue weighted by Gasteiger charge is 2.30. The van der Waals surface area contributed by atoms with Gasteiger partial charge < -0.3 is 4.74 Å². The van der Waals surface area contributed by atoms with E-state index in [1.807, 2.05) is 12.1 Å². The second-order valence-corrected chi connectivity index (χ2v) is 7.31. The van der Waals surface area contributed by atoms with E-state index in [0.717, 1.165) is 17.8 Å². The summed E-state index contributed by atoms with van der Waals surface area (Å²) >= 11 is 0. The van der Waals surface area contributed by atoms with Gasteiger partial charge in [-0.25, -0.2) is 0 Å².